The van der Waals surface area contributed by atoms with E-state index in [-0.39, 0.29) is 0 Å². The predicted octanol–water partition coefficient (Wildman–Crippen LogP) is 11.0. The lowest BCUT2D eigenvalue weighted by Crippen LogP contribution is -2.44. The van der Waals surface area contributed by atoms with Gasteiger partial charge in [-0.05, 0) is 99.2 Å². The minimum Gasteiger partial charge on any atom is -0.494 e. The van der Waals surface area contributed by atoms with E-state index in [1.807, 2.05) is 62.4 Å². The van der Waals surface area contributed by atoms with Crippen LogP contribution in [0, 0.1) is 0 Å². The van der Waals surface area contributed by atoms with Crippen molar-refractivity contribution < 1.29 is 24.2 Å². The quantitative estimate of drug-likeness (QED) is 0.0697. The first-order chi connectivity index (χ1) is 22.8. The highest BCUT2D eigenvalue weighted by Gasteiger charge is 2.52. The van der Waals surface area contributed by atoms with E-state index >= 15 is 0 Å². The molecule has 3 aromatic carbocycles. The molecule has 1 heterocycles. The number of benzene rings is 3. The number of hydrogen-bond acceptors (Lipinski definition) is 5. The zero-order valence-electron chi connectivity index (χ0n) is 29.2. The maximum absolute atomic E-state index is 14.0. The molecule has 0 aromatic heterocycles. The summed E-state index contributed by atoms with van der Waals surface area (Å²) in [7, 11) is 0. The first-order valence-corrected chi connectivity index (χ1v) is 18.1. The molecule has 0 bridgehead atoms. The van der Waals surface area contributed by atoms with Crippen molar-refractivity contribution in [2.45, 2.75) is 129 Å². The fourth-order valence-corrected chi connectivity index (χ4v) is 6.55. The molecule has 4 rings (SSSR count). The van der Waals surface area contributed by atoms with E-state index in [0.717, 1.165) is 54.9 Å². The van der Waals surface area contributed by atoms with Crippen LogP contribution in [0.25, 0.3) is 0 Å². The Morgan fingerprint density at radius 1 is 0.574 bits per heavy atom. The monoisotopic (exact) mass is 642 g/mol. The molecular weight excluding hydrogens is 586 g/mol. The smallest absolute Gasteiger partial charge is 0.343 e. The Morgan fingerprint density at radius 3 is 1.40 bits per heavy atom. The largest absolute Gasteiger partial charge is 0.494 e. The molecule has 0 unspecified atom stereocenters. The van der Waals surface area contributed by atoms with E-state index in [0.29, 0.717) is 17.9 Å². The molecule has 0 amide bonds. The molecule has 6 nitrogen and oxygen atoms in total. The molecule has 0 spiro atoms. The van der Waals surface area contributed by atoms with Crippen LogP contribution < -0.4 is 14.2 Å². The van der Waals surface area contributed by atoms with E-state index in [9.17, 15) is 10.0 Å². The third-order valence-corrected chi connectivity index (χ3v) is 9.78. The number of unbranched alkanes of at least 4 members (excludes halogenated alkanes) is 10. The van der Waals surface area contributed by atoms with E-state index in [1.54, 1.807) is 24.3 Å². The third kappa shape index (κ3) is 10.1. The second-order valence-electron chi connectivity index (χ2n) is 13.5. The van der Waals surface area contributed by atoms with Gasteiger partial charge in [0.1, 0.15) is 17.2 Å². The molecule has 47 heavy (non-hydrogen) atoms. The molecule has 1 fully saturated rings. The average molecular weight is 643 g/mol. The van der Waals surface area contributed by atoms with Crippen LogP contribution in [0.2, 0.25) is 0 Å². The van der Waals surface area contributed by atoms with Gasteiger partial charge in [0.15, 0.2) is 0 Å². The highest BCUT2D eigenvalue weighted by molar-refractivity contribution is 5.91. The maximum Gasteiger partial charge on any atom is 0.343 e. The van der Waals surface area contributed by atoms with Crippen LogP contribution in [0.4, 0.5) is 0 Å². The van der Waals surface area contributed by atoms with Crippen LogP contribution in [-0.2, 0) is 16.3 Å². The number of carbonyl (C=O) groups is 1. The third-order valence-electron chi connectivity index (χ3n) is 9.78. The summed E-state index contributed by atoms with van der Waals surface area (Å²) in [5.41, 5.74) is 1.01. The van der Waals surface area contributed by atoms with Crippen LogP contribution in [0.1, 0.15) is 139 Å². The molecule has 0 N–H and O–H groups in total. The highest BCUT2D eigenvalue weighted by Crippen LogP contribution is 2.51. The zero-order chi connectivity index (χ0) is 33.5. The minimum absolute atomic E-state index is 0.426. The predicted molar refractivity (Wildman–Crippen MR) is 188 cm³/mol. The van der Waals surface area contributed by atoms with Gasteiger partial charge in [-0.25, -0.2) is 4.79 Å². The van der Waals surface area contributed by atoms with E-state index in [2.05, 4.69) is 13.8 Å². The Hall–Kier alpha value is -3.35. The van der Waals surface area contributed by atoms with Crippen molar-refractivity contribution in [3.05, 3.63) is 89.5 Å². The molecule has 255 valence electrons. The molecule has 0 aliphatic carbocycles. The van der Waals surface area contributed by atoms with Crippen LogP contribution >= 0.6 is 0 Å². The van der Waals surface area contributed by atoms with Crippen molar-refractivity contribution in [2.75, 3.05) is 13.2 Å². The Morgan fingerprint density at radius 2 is 0.957 bits per heavy atom. The number of esters is 1. The number of nitrogens with zero attached hydrogens (tertiary/aromatic N) is 1. The molecule has 1 aliphatic rings. The van der Waals surface area contributed by atoms with Gasteiger partial charge in [0, 0.05) is 0 Å². The summed E-state index contributed by atoms with van der Waals surface area (Å²) in [5.74, 6) is 1.62. The van der Waals surface area contributed by atoms with Crippen LogP contribution in [0.5, 0.6) is 17.2 Å². The van der Waals surface area contributed by atoms with Crippen molar-refractivity contribution in [3.8, 4) is 17.2 Å². The van der Waals surface area contributed by atoms with Crippen LogP contribution in [-0.4, -0.2) is 24.2 Å². The SMILES string of the molecule is CCCCCCCCOc1ccc(C(=O)Oc2ccc([C@@]3(C)CC[C@](C)(c4ccc(OCCCCCCCC)cc4)N3[O])cc2)cc1. The van der Waals surface area contributed by atoms with E-state index in [1.165, 1.54) is 69.3 Å². The Balaban J connectivity index is 1.26. The van der Waals surface area contributed by atoms with Crippen molar-refractivity contribution in [3.63, 3.8) is 0 Å². The summed E-state index contributed by atoms with van der Waals surface area (Å²) in [6.45, 7) is 9.89. The first kappa shape index (κ1) is 36.5. The van der Waals surface area contributed by atoms with Gasteiger partial charge in [-0.15, -0.1) is 10.3 Å². The molecule has 2 atom stereocenters. The summed E-state index contributed by atoms with van der Waals surface area (Å²) in [6.07, 6.45) is 16.2. The molecule has 1 aliphatic heterocycles. The lowest BCUT2D eigenvalue weighted by molar-refractivity contribution is -0.260. The Kier molecular flexibility index (Phi) is 14.2. The Bertz CT molecular complexity index is 1340. The van der Waals surface area contributed by atoms with E-state index < -0.39 is 17.0 Å². The summed E-state index contributed by atoms with van der Waals surface area (Å²) in [5, 5.41) is 15.2. The number of carbonyl (C=O) groups excluding carboxylic acids is 1. The van der Waals surface area contributed by atoms with Crippen molar-refractivity contribution in [1.82, 2.24) is 5.06 Å². The summed E-state index contributed by atoms with van der Waals surface area (Å²) in [6, 6.07) is 22.5. The summed E-state index contributed by atoms with van der Waals surface area (Å²) in [4.78, 5) is 12.8. The fraction of sp³-hybridized carbons (Fsp3) is 0.537. The molecule has 1 saturated heterocycles. The van der Waals surface area contributed by atoms with Crippen LogP contribution in [0.3, 0.4) is 0 Å². The van der Waals surface area contributed by atoms with Crippen molar-refractivity contribution in [2.24, 2.45) is 0 Å². The van der Waals surface area contributed by atoms with Crippen LogP contribution in [0.15, 0.2) is 72.8 Å². The Labute approximate surface area is 283 Å². The first-order valence-electron chi connectivity index (χ1n) is 18.1. The fourth-order valence-electron chi connectivity index (χ4n) is 6.55. The van der Waals surface area contributed by atoms with Gasteiger partial charge in [-0.3, -0.25) is 0 Å². The second kappa shape index (κ2) is 18.3. The topological polar surface area (TPSA) is 67.9 Å². The van der Waals surface area contributed by atoms with Gasteiger partial charge in [-0.1, -0.05) is 102 Å². The van der Waals surface area contributed by atoms with Gasteiger partial charge in [0.25, 0.3) is 0 Å². The van der Waals surface area contributed by atoms with Crippen molar-refractivity contribution in [1.29, 1.82) is 0 Å². The lowest BCUT2D eigenvalue weighted by Gasteiger charge is -2.37. The minimum atomic E-state index is -0.699. The lowest BCUT2D eigenvalue weighted by atomic mass is 9.89. The number of ether oxygens (including phenoxy) is 3. The summed E-state index contributed by atoms with van der Waals surface area (Å²) < 4.78 is 17.5. The van der Waals surface area contributed by atoms with E-state index in [4.69, 9.17) is 14.2 Å². The van der Waals surface area contributed by atoms with Gasteiger partial charge in [0.05, 0.1) is 29.9 Å². The molecule has 3 aromatic rings. The standard InChI is InChI=1S/C41H56NO5/c1-5-7-9-11-13-15-31-45-36-23-17-33(18-24-36)39(43)47-38-27-21-35(22-28-38)41(4)30-29-40(3,42(41)44)34-19-25-37(26-20-34)46-32-16-14-12-10-8-6-2/h17-28H,5-16,29-32H2,1-4H3/t40-,41-/m1/s1. The summed E-state index contributed by atoms with van der Waals surface area (Å²) >= 11 is 0. The second-order valence-corrected chi connectivity index (χ2v) is 13.5. The van der Waals surface area contributed by atoms with Gasteiger partial charge in [0.2, 0.25) is 0 Å². The molecule has 0 saturated carbocycles. The zero-order valence-corrected chi connectivity index (χ0v) is 29.2. The molecular formula is C41H56NO5. The number of hydroxylamine groups is 2. The number of hydrogen-bond donors (Lipinski definition) is 0. The molecule has 1 radical (unpaired) electrons. The van der Waals surface area contributed by atoms with Gasteiger partial charge >= 0.3 is 5.97 Å². The normalized spacial score (nSPS) is 19.5. The van der Waals surface area contributed by atoms with Crippen molar-refractivity contribution >= 4 is 5.97 Å². The highest BCUT2D eigenvalue weighted by atomic mass is 16.5. The average Bonchev–Trinajstić information content (AvgIpc) is 3.34. The maximum atomic E-state index is 14.0. The number of rotatable bonds is 20. The van der Waals surface area contributed by atoms with Gasteiger partial charge < -0.3 is 14.2 Å². The molecule has 6 heteroatoms. The van der Waals surface area contributed by atoms with Gasteiger partial charge in [-0.2, -0.15) is 0 Å².